The van der Waals surface area contributed by atoms with E-state index in [-0.39, 0.29) is 12.7 Å². The van der Waals surface area contributed by atoms with E-state index in [0.717, 1.165) is 42.7 Å². The molecule has 34 heavy (non-hydrogen) atoms. The van der Waals surface area contributed by atoms with Crippen molar-refractivity contribution in [3.05, 3.63) is 47.9 Å². The zero-order chi connectivity index (χ0) is 23.5. The number of anilines is 3. The summed E-state index contributed by atoms with van der Waals surface area (Å²) >= 11 is 0. The molecule has 10 heteroatoms. The molecule has 4 N–H and O–H groups in total. The quantitative estimate of drug-likeness (QED) is 0.435. The van der Waals surface area contributed by atoms with Crippen molar-refractivity contribution in [3.63, 3.8) is 0 Å². The minimum atomic E-state index is -0.458. The van der Waals surface area contributed by atoms with Crippen molar-refractivity contribution in [2.24, 2.45) is 0 Å². The van der Waals surface area contributed by atoms with Crippen LogP contribution in [0.4, 0.5) is 17.3 Å². The maximum atomic E-state index is 9.93. The number of fused-ring (bicyclic) bond motifs is 1. The number of aliphatic hydroxyl groups excluding tert-OH is 1. The molecule has 0 amide bonds. The van der Waals surface area contributed by atoms with Gasteiger partial charge in [0.25, 0.3) is 0 Å². The average Bonchev–Trinajstić information content (AvgIpc) is 3.22. The van der Waals surface area contributed by atoms with Gasteiger partial charge in [0.1, 0.15) is 12.2 Å². The van der Waals surface area contributed by atoms with Gasteiger partial charge in [0, 0.05) is 23.7 Å². The fourth-order valence-corrected chi connectivity index (χ4v) is 4.28. The molecule has 3 aromatic rings. The molecule has 1 saturated heterocycles. The van der Waals surface area contributed by atoms with Crippen LogP contribution >= 0.6 is 0 Å². The predicted octanol–water partition coefficient (Wildman–Crippen LogP) is 2.36. The number of aliphatic hydroxyl groups is 1. The fourth-order valence-electron chi connectivity index (χ4n) is 4.28. The first-order valence-corrected chi connectivity index (χ1v) is 11.3. The van der Waals surface area contributed by atoms with E-state index >= 15 is 0 Å². The molecule has 2 aliphatic heterocycles. The molecule has 1 fully saturated rings. The second-order valence-electron chi connectivity index (χ2n) is 8.84. The van der Waals surface area contributed by atoms with Crippen LogP contribution in [0.5, 0.6) is 6.01 Å². The van der Waals surface area contributed by atoms with E-state index in [1.165, 1.54) is 0 Å². The Morgan fingerprint density at radius 3 is 2.76 bits per heavy atom. The summed E-state index contributed by atoms with van der Waals surface area (Å²) in [6.07, 6.45) is 6.94. The van der Waals surface area contributed by atoms with E-state index in [1.54, 1.807) is 30.7 Å². The highest BCUT2D eigenvalue weighted by atomic mass is 16.5. The number of piperidine rings is 1. The Labute approximate surface area is 197 Å². The van der Waals surface area contributed by atoms with Crippen LogP contribution in [0.25, 0.3) is 11.3 Å². The minimum Gasteiger partial charge on any atom is -0.460 e. The van der Waals surface area contributed by atoms with Gasteiger partial charge in [0.05, 0.1) is 41.6 Å². The highest BCUT2D eigenvalue weighted by Crippen LogP contribution is 2.41. The molecule has 0 bridgehead atoms. The van der Waals surface area contributed by atoms with E-state index in [1.807, 2.05) is 13.0 Å². The van der Waals surface area contributed by atoms with Crippen molar-refractivity contribution in [2.45, 2.75) is 31.3 Å². The third-order valence-electron chi connectivity index (χ3n) is 6.31. The van der Waals surface area contributed by atoms with Crippen molar-refractivity contribution in [3.8, 4) is 23.3 Å². The van der Waals surface area contributed by atoms with Crippen molar-refractivity contribution in [1.82, 2.24) is 25.3 Å². The molecule has 1 atom stereocenters. The van der Waals surface area contributed by atoms with Crippen LogP contribution in [0.2, 0.25) is 0 Å². The summed E-state index contributed by atoms with van der Waals surface area (Å²) in [5.41, 5.74) is 3.84. The number of rotatable bonds is 6. The summed E-state index contributed by atoms with van der Waals surface area (Å²) in [5, 5.41) is 29.3. The second-order valence-corrected chi connectivity index (χ2v) is 8.84. The molecule has 0 saturated carbocycles. The Balaban J connectivity index is 1.35. The van der Waals surface area contributed by atoms with Gasteiger partial charge in [0.2, 0.25) is 5.95 Å². The summed E-state index contributed by atoms with van der Waals surface area (Å²) in [5.74, 6) is 0.384. The lowest BCUT2D eigenvalue weighted by Crippen LogP contribution is -2.34. The van der Waals surface area contributed by atoms with Crippen molar-refractivity contribution >= 4 is 17.3 Å². The topological polar surface area (TPSA) is 141 Å². The van der Waals surface area contributed by atoms with Crippen LogP contribution in [0.15, 0.2) is 36.8 Å². The molecule has 4 heterocycles. The standard InChI is InChI=1S/C24H26N8O2/c1-24(14-33)13-30-21-16(10-25)8-15(9-19(21)24)20-4-7-27-22(32-20)31-17-11-28-23(29-12-17)34-18-2-5-26-6-3-18/h4,7-9,11-12,18,26,30,33H,2-3,5-6,13-14H2,1H3,(H,27,31,32). The molecule has 5 rings (SSSR count). The molecule has 174 valence electrons. The molecule has 10 nitrogen and oxygen atoms in total. The first-order chi connectivity index (χ1) is 16.6. The number of hydrogen-bond acceptors (Lipinski definition) is 10. The van der Waals surface area contributed by atoms with E-state index < -0.39 is 5.41 Å². The Bertz CT molecular complexity index is 1220. The molecule has 1 aromatic carbocycles. The van der Waals surface area contributed by atoms with Crippen LogP contribution in [0, 0.1) is 11.3 Å². The number of benzene rings is 1. The number of aromatic nitrogens is 4. The first kappa shape index (κ1) is 22.0. The van der Waals surface area contributed by atoms with Crippen LogP contribution < -0.4 is 20.7 Å². The monoisotopic (exact) mass is 458 g/mol. The van der Waals surface area contributed by atoms with Crippen LogP contribution in [0.3, 0.4) is 0 Å². The molecule has 2 aromatic heterocycles. The third-order valence-corrected chi connectivity index (χ3v) is 6.31. The zero-order valence-corrected chi connectivity index (χ0v) is 18.9. The predicted molar refractivity (Wildman–Crippen MR) is 127 cm³/mol. The Kier molecular flexibility index (Phi) is 5.96. The summed E-state index contributed by atoms with van der Waals surface area (Å²) < 4.78 is 5.85. The van der Waals surface area contributed by atoms with Gasteiger partial charge >= 0.3 is 6.01 Å². The van der Waals surface area contributed by atoms with Crippen molar-refractivity contribution < 1.29 is 9.84 Å². The third kappa shape index (κ3) is 4.35. The second kappa shape index (κ2) is 9.21. The van der Waals surface area contributed by atoms with Gasteiger partial charge in [-0.05, 0) is 49.7 Å². The zero-order valence-electron chi connectivity index (χ0n) is 18.9. The van der Waals surface area contributed by atoms with Crippen molar-refractivity contribution in [1.29, 1.82) is 5.26 Å². The van der Waals surface area contributed by atoms with Gasteiger partial charge in [0.15, 0.2) is 0 Å². The Morgan fingerprint density at radius 1 is 1.24 bits per heavy atom. The van der Waals surface area contributed by atoms with E-state index in [0.29, 0.717) is 35.4 Å². The van der Waals surface area contributed by atoms with Crippen LogP contribution in [0.1, 0.15) is 30.9 Å². The highest BCUT2D eigenvalue weighted by Gasteiger charge is 2.36. The normalized spacial score (nSPS) is 19.7. The SMILES string of the molecule is CC1(CO)CNc2c(C#N)cc(-c3ccnc(Nc4cnc(OC5CCNCC5)nc4)n3)cc21. The lowest BCUT2D eigenvalue weighted by molar-refractivity contribution is 0.149. The molecule has 0 aliphatic carbocycles. The van der Waals surface area contributed by atoms with E-state index in [4.69, 9.17) is 4.74 Å². The lowest BCUT2D eigenvalue weighted by atomic mass is 9.83. The maximum Gasteiger partial charge on any atom is 0.316 e. The Morgan fingerprint density at radius 2 is 2.03 bits per heavy atom. The summed E-state index contributed by atoms with van der Waals surface area (Å²) in [6.45, 7) is 4.41. The summed E-state index contributed by atoms with van der Waals surface area (Å²) in [7, 11) is 0. The number of nitriles is 1. The lowest BCUT2D eigenvalue weighted by Gasteiger charge is -2.22. The molecular formula is C24H26N8O2. The van der Waals surface area contributed by atoms with Gasteiger partial charge in [-0.15, -0.1) is 0 Å². The van der Waals surface area contributed by atoms with E-state index in [9.17, 15) is 10.4 Å². The molecule has 0 radical (unpaired) electrons. The maximum absolute atomic E-state index is 9.93. The first-order valence-electron chi connectivity index (χ1n) is 11.3. The average molecular weight is 459 g/mol. The number of ether oxygens (including phenoxy) is 1. The molecule has 0 spiro atoms. The molecule has 1 unspecified atom stereocenters. The smallest absolute Gasteiger partial charge is 0.316 e. The number of nitrogens with zero attached hydrogens (tertiary/aromatic N) is 5. The summed E-state index contributed by atoms with van der Waals surface area (Å²) in [6, 6.07) is 8.18. The van der Waals surface area contributed by atoms with Crippen LogP contribution in [-0.2, 0) is 5.41 Å². The fraction of sp³-hybridized carbons (Fsp3) is 0.375. The highest BCUT2D eigenvalue weighted by molar-refractivity contribution is 5.76. The van der Waals surface area contributed by atoms with Gasteiger partial charge in [-0.1, -0.05) is 6.92 Å². The van der Waals surface area contributed by atoms with Gasteiger partial charge in [-0.3, -0.25) is 0 Å². The van der Waals surface area contributed by atoms with E-state index in [2.05, 4.69) is 42.0 Å². The largest absolute Gasteiger partial charge is 0.460 e. The minimum absolute atomic E-state index is 0.0186. The summed E-state index contributed by atoms with van der Waals surface area (Å²) in [4.78, 5) is 17.5. The van der Waals surface area contributed by atoms with Crippen molar-refractivity contribution in [2.75, 3.05) is 36.9 Å². The van der Waals surface area contributed by atoms with Gasteiger partial charge in [-0.25, -0.2) is 19.9 Å². The van der Waals surface area contributed by atoms with Crippen LogP contribution in [-0.4, -0.2) is 57.4 Å². The number of hydrogen-bond donors (Lipinski definition) is 4. The molecule has 2 aliphatic rings. The molecular weight excluding hydrogens is 432 g/mol. The van der Waals surface area contributed by atoms with Gasteiger partial charge in [-0.2, -0.15) is 5.26 Å². The van der Waals surface area contributed by atoms with Gasteiger partial charge < -0.3 is 25.8 Å². The Hall–Kier alpha value is -3.81. The number of nitrogens with one attached hydrogen (secondary N) is 3.